The van der Waals surface area contributed by atoms with Crippen molar-refractivity contribution in [1.29, 1.82) is 0 Å². The smallest absolute Gasteiger partial charge is 0.253 e. The number of carbonyl (C=O) groups is 3. The van der Waals surface area contributed by atoms with Gasteiger partial charge in [-0.2, -0.15) is 0 Å². The third-order valence-electron chi connectivity index (χ3n) is 9.68. The lowest BCUT2D eigenvalue weighted by Crippen LogP contribution is -2.41. The Labute approximate surface area is 271 Å². The average Bonchev–Trinajstić information content (AvgIpc) is 3.57. The van der Waals surface area contributed by atoms with E-state index >= 15 is 0 Å². The summed E-state index contributed by atoms with van der Waals surface area (Å²) in [5, 5.41) is 3.00. The number of epoxide rings is 1. The number of amides is 3. The van der Waals surface area contributed by atoms with Crippen molar-refractivity contribution in [2.75, 3.05) is 39.5 Å². The largest absolute Gasteiger partial charge is 0.379 e. The van der Waals surface area contributed by atoms with Crippen molar-refractivity contribution in [3.05, 3.63) is 36.0 Å². The molecule has 2 fully saturated rings. The molecule has 9 heteroatoms. The fraction of sp³-hybridized carbons (Fsp3) is 0.750. The molecule has 0 unspecified atom stereocenters. The molecule has 9 nitrogen and oxygen atoms in total. The Morgan fingerprint density at radius 2 is 1.80 bits per heavy atom. The second-order valence-corrected chi connectivity index (χ2v) is 13.6. The van der Waals surface area contributed by atoms with Gasteiger partial charge in [0, 0.05) is 38.3 Å². The van der Waals surface area contributed by atoms with Crippen LogP contribution in [0.2, 0.25) is 0 Å². The highest BCUT2D eigenvalue weighted by Crippen LogP contribution is 2.48. The molecule has 3 rings (SSSR count). The number of hydrogen-bond acceptors (Lipinski definition) is 7. The summed E-state index contributed by atoms with van der Waals surface area (Å²) in [7, 11) is 0. The molecule has 254 valence electrons. The van der Waals surface area contributed by atoms with Crippen molar-refractivity contribution in [3.8, 4) is 0 Å². The molecule has 0 spiro atoms. The number of imide groups is 1. The predicted octanol–water partition coefficient (Wildman–Crippen LogP) is 5.39. The zero-order chi connectivity index (χ0) is 33.0. The Kier molecular flexibility index (Phi) is 15.0. The zero-order valence-electron chi connectivity index (χ0n) is 28.7. The van der Waals surface area contributed by atoms with Crippen LogP contribution in [-0.4, -0.2) is 86.1 Å². The molecule has 3 amide bonds. The Hall–Kier alpha value is -2.33. The maximum Gasteiger partial charge on any atom is 0.253 e. The molecule has 0 aliphatic carbocycles. The van der Waals surface area contributed by atoms with Crippen molar-refractivity contribution < 1.29 is 33.3 Å². The van der Waals surface area contributed by atoms with E-state index in [1.165, 1.54) is 29.0 Å². The molecule has 8 atom stereocenters. The standard InChI is InChI=1S/C36H58N2O7/c1-8-26(3)29(6)35-36(7,45-35)23-25(2)11-9-12-27(4)34-28(5)13-14-30(44-34)24-37-31(39)17-20-43-22-21-42-19-10-18-38-32(40)15-16-33(38)41/h9,11-12,15-16,25-26,28-30,34-35H,8,10,13-14,17-24H2,1-7H3,(H,37,39)/b11-9+,27-12+/t25-,26+,28+,29-,30-,34-,35-,36-/m1/s1. The first-order valence-corrected chi connectivity index (χ1v) is 17.1. The minimum absolute atomic E-state index is 0.00551. The van der Waals surface area contributed by atoms with E-state index in [4.69, 9.17) is 18.9 Å². The number of hydrogen-bond donors (Lipinski definition) is 1. The molecule has 0 radical (unpaired) electrons. The third-order valence-corrected chi connectivity index (χ3v) is 9.68. The first kappa shape index (κ1) is 37.1. The highest BCUT2D eigenvalue weighted by atomic mass is 16.6. The molecular weight excluding hydrogens is 572 g/mol. The Morgan fingerprint density at radius 1 is 1.11 bits per heavy atom. The van der Waals surface area contributed by atoms with Crippen LogP contribution in [0.4, 0.5) is 0 Å². The fourth-order valence-electron chi connectivity index (χ4n) is 6.45. The summed E-state index contributed by atoms with van der Waals surface area (Å²) in [5.41, 5.74) is 1.20. The molecule has 0 saturated carbocycles. The molecular formula is C36H58N2O7. The van der Waals surface area contributed by atoms with Crippen LogP contribution in [0.15, 0.2) is 36.0 Å². The van der Waals surface area contributed by atoms with Crippen LogP contribution in [0.25, 0.3) is 0 Å². The molecule has 1 N–H and O–H groups in total. The SMILES string of the molecule is CC[C@H](C)[C@@H](C)[C@H]1O[C@]1(C)C[C@H](C)/C=C/C=C(\C)[C@H]1O[C@@H](CNC(=O)CCOCCOCCCN2C(=O)C=CC2=O)CC[C@@H]1C. The van der Waals surface area contributed by atoms with Gasteiger partial charge in [0.1, 0.15) is 0 Å². The number of nitrogens with one attached hydrogen (secondary N) is 1. The van der Waals surface area contributed by atoms with Gasteiger partial charge < -0.3 is 24.3 Å². The summed E-state index contributed by atoms with van der Waals surface area (Å²) >= 11 is 0. The molecule has 0 aromatic carbocycles. The summed E-state index contributed by atoms with van der Waals surface area (Å²) in [6.45, 7) is 18.2. The van der Waals surface area contributed by atoms with Gasteiger partial charge in [0.15, 0.2) is 0 Å². The third kappa shape index (κ3) is 11.8. The van der Waals surface area contributed by atoms with Crippen molar-refractivity contribution in [3.63, 3.8) is 0 Å². The molecule has 3 aliphatic rings. The van der Waals surface area contributed by atoms with E-state index in [0.29, 0.717) is 75.7 Å². The number of carbonyl (C=O) groups excluding carboxylic acids is 3. The average molecular weight is 631 g/mol. The molecule has 3 aliphatic heterocycles. The van der Waals surface area contributed by atoms with Crippen LogP contribution in [0.5, 0.6) is 0 Å². The number of nitrogens with zero attached hydrogens (tertiary/aromatic N) is 1. The van der Waals surface area contributed by atoms with Crippen LogP contribution >= 0.6 is 0 Å². The molecule has 0 bridgehead atoms. The van der Waals surface area contributed by atoms with Crippen LogP contribution < -0.4 is 5.32 Å². The summed E-state index contributed by atoms with van der Waals surface area (Å²) < 4.78 is 23.6. The normalized spacial score (nSPS) is 29.0. The van der Waals surface area contributed by atoms with Gasteiger partial charge in [0.2, 0.25) is 5.91 Å². The summed E-state index contributed by atoms with van der Waals surface area (Å²) in [5.74, 6) is 1.52. The van der Waals surface area contributed by atoms with Gasteiger partial charge in [-0.15, -0.1) is 0 Å². The number of rotatable bonds is 20. The second-order valence-electron chi connectivity index (χ2n) is 13.6. The minimum Gasteiger partial charge on any atom is -0.379 e. The topological polar surface area (TPSA) is 107 Å². The van der Waals surface area contributed by atoms with Gasteiger partial charge in [-0.3, -0.25) is 19.3 Å². The highest BCUT2D eigenvalue weighted by Gasteiger charge is 2.55. The van der Waals surface area contributed by atoms with Gasteiger partial charge in [0.05, 0.1) is 43.7 Å². The maximum absolute atomic E-state index is 12.4. The van der Waals surface area contributed by atoms with E-state index in [2.05, 4.69) is 72.0 Å². The predicted molar refractivity (Wildman–Crippen MR) is 175 cm³/mol. The van der Waals surface area contributed by atoms with Crippen LogP contribution in [-0.2, 0) is 33.3 Å². The van der Waals surface area contributed by atoms with Gasteiger partial charge in [-0.25, -0.2) is 0 Å². The Balaban J connectivity index is 1.26. The lowest BCUT2D eigenvalue weighted by Gasteiger charge is -2.35. The van der Waals surface area contributed by atoms with Gasteiger partial charge >= 0.3 is 0 Å². The molecule has 0 aromatic rings. The monoisotopic (exact) mass is 630 g/mol. The number of allylic oxidation sites excluding steroid dienone is 3. The van der Waals surface area contributed by atoms with Gasteiger partial charge in [-0.05, 0) is 68.8 Å². The van der Waals surface area contributed by atoms with E-state index in [1.807, 2.05) is 0 Å². The Bertz CT molecular complexity index is 1050. The van der Waals surface area contributed by atoms with Crippen LogP contribution in [0.1, 0.15) is 87.0 Å². The lowest BCUT2D eigenvalue weighted by atomic mass is 9.83. The van der Waals surface area contributed by atoms with Crippen molar-refractivity contribution in [1.82, 2.24) is 10.2 Å². The van der Waals surface area contributed by atoms with Crippen LogP contribution in [0.3, 0.4) is 0 Å². The molecule has 3 heterocycles. The van der Waals surface area contributed by atoms with Crippen molar-refractivity contribution in [2.24, 2.45) is 23.7 Å². The second kappa shape index (κ2) is 18.1. The molecule has 45 heavy (non-hydrogen) atoms. The Morgan fingerprint density at radius 3 is 2.49 bits per heavy atom. The summed E-state index contributed by atoms with van der Waals surface area (Å²) in [4.78, 5) is 36.6. The highest BCUT2D eigenvalue weighted by molar-refractivity contribution is 6.12. The van der Waals surface area contributed by atoms with Gasteiger partial charge in [0.25, 0.3) is 11.8 Å². The molecule has 0 aromatic heterocycles. The number of ether oxygens (including phenoxy) is 4. The minimum atomic E-state index is -0.277. The van der Waals surface area contributed by atoms with E-state index in [-0.39, 0.29) is 42.0 Å². The van der Waals surface area contributed by atoms with E-state index in [9.17, 15) is 14.4 Å². The summed E-state index contributed by atoms with van der Waals surface area (Å²) in [6.07, 6.45) is 14.7. The van der Waals surface area contributed by atoms with E-state index in [0.717, 1.165) is 19.3 Å². The zero-order valence-corrected chi connectivity index (χ0v) is 28.7. The first-order valence-electron chi connectivity index (χ1n) is 17.1. The lowest BCUT2D eigenvalue weighted by molar-refractivity contribution is -0.137. The first-order chi connectivity index (χ1) is 21.4. The van der Waals surface area contributed by atoms with Crippen molar-refractivity contribution >= 4 is 17.7 Å². The quantitative estimate of drug-likeness (QED) is 0.0832. The fourth-order valence-corrected chi connectivity index (χ4v) is 6.45. The van der Waals surface area contributed by atoms with E-state index in [1.54, 1.807) is 0 Å². The van der Waals surface area contributed by atoms with Crippen molar-refractivity contribution in [2.45, 2.75) is 111 Å². The van der Waals surface area contributed by atoms with Gasteiger partial charge in [-0.1, -0.05) is 59.3 Å². The maximum atomic E-state index is 12.4. The molecule has 2 saturated heterocycles. The van der Waals surface area contributed by atoms with E-state index < -0.39 is 0 Å². The summed E-state index contributed by atoms with van der Waals surface area (Å²) in [6, 6.07) is 0. The van der Waals surface area contributed by atoms with Crippen LogP contribution in [0, 0.1) is 23.7 Å².